The van der Waals surface area contributed by atoms with Crippen molar-refractivity contribution in [2.75, 3.05) is 11.5 Å². The Hall–Kier alpha value is -4.84. The highest BCUT2D eigenvalue weighted by Gasteiger charge is 2.48. The summed E-state index contributed by atoms with van der Waals surface area (Å²) in [5.41, 5.74) is 2.07. The molecular weight excluding hydrogens is 550 g/mol. The number of fused-ring (bicyclic) bond motifs is 1. The van der Waals surface area contributed by atoms with Gasteiger partial charge in [0.05, 0.1) is 17.3 Å². The lowest BCUT2D eigenvalue weighted by Crippen LogP contribution is -2.29. The molecule has 1 saturated heterocycles. The number of benzene rings is 1. The second-order valence-electron chi connectivity index (χ2n) is 9.23. The number of pyridine rings is 1. The van der Waals surface area contributed by atoms with Gasteiger partial charge in [0.15, 0.2) is 5.13 Å². The predicted molar refractivity (Wildman–Crippen MR) is 150 cm³/mol. The minimum Gasteiger partial charge on any atom is -0.507 e. The fourth-order valence-corrected chi connectivity index (χ4v) is 5.47. The summed E-state index contributed by atoms with van der Waals surface area (Å²) in [6.07, 6.45) is 5.21. The molecule has 12 heteroatoms. The number of aliphatic hydroxyl groups is 1. The van der Waals surface area contributed by atoms with Crippen molar-refractivity contribution >= 4 is 45.9 Å². The van der Waals surface area contributed by atoms with Gasteiger partial charge in [-0.3, -0.25) is 24.3 Å². The van der Waals surface area contributed by atoms with Crippen molar-refractivity contribution in [2.45, 2.75) is 39.3 Å². The Bertz CT molecular complexity index is 1560. The zero-order chi connectivity index (χ0) is 29.8. The number of esters is 1. The first-order valence-electron chi connectivity index (χ1n) is 12.5. The molecule has 0 saturated carbocycles. The van der Waals surface area contributed by atoms with Gasteiger partial charge >= 0.3 is 11.9 Å². The monoisotopic (exact) mass is 577 g/mol. The summed E-state index contributed by atoms with van der Waals surface area (Å²) in [7, 11) is 0. The number of nitrogens with zero attached hydrogens (tertiary/aromatic N) is 3. The quantitative estimate of drug-likeness (QED) is 0.143. The Morgan fingerprint density at radius 1 is 1.27 bits per heavy atom. The van der Waals surface area contributed by atoms with E-state index < -0.39 is 29.7 Å². The van der Waals surface area contributed by atoms with Crippen molar-refractivity contribution in [2.24, 2.45) is 0 Å². The summed E-state index contributed by atoms with van der Waals surface area (Å²) in [5.74, 6) is -2.75. The van der Waals surface area contributed by atoms with E-state index in [1.54, 1.807) is 43.5 Å². The molecule has 2 aliphatic heterocycles. The van der Waals surface area contributed by atoms with Crippen molar-refractivity contribution in [1.82, 2.24) is 9.97 Å². The number of carboxylic acids is 1. The fraction of sp³-hybridized carbons (Fsp3) is 0.241. The molecule has 2 atom stereocenters. The number of carbonyl (C=O) groups is 4. The third-order valence-electron chi connectivity index (χ3n) is 6.12. The maximum atomic E-state index is 13.4. The van der Waals surface area contributed by atoms with Crippen LogP contribution in [-0.2, 0) is 25.5 Å². The molecule has 5 rings (SSSR count). The number of Topliss-reactive ketones (excluding diaryl/α,β-unsaturated/α-hetero) is 1. The van der Waals surface area contributed by atoms with E-state index in [4.69, 9.17) is 19.4 Å². The average molecular weight is 578 g/mol. The number of carbonyl (C=O) groups excluding carboxylic acids is 3. The van der Waals surface area contributed by atoms with Crippen LogP contribution in [0.15, 0.2) is 61.0 Å². The maximum absolute atomic E-state index is 13.4. The smallest absolute Gasteiger partial charge is 0.350 e. The summed E-state index contributed by atoms with van der Waals surface area (Å²) >= 11 is 0.937. The van der Waals surface area contributed by atoms with Gasteiger partial charge in [0.2, 0.25) is 0 Å². The van der Waals surface area contributed by atoms with Gasteiger partial charge in [-0.2, -0.15) is 0 Å². The van der Waals surface area contributed by atoms with Gasteiger partial charge in [-0.15, -0.1) is 0 Å². The maximum Gasteiger partial charge on any atom is 0.350 e. The van der Waals surface area contributed by atoms with Crippen LogP contribution in [-0.4, -0.2) is 56.5 Å². The van der Waals surface area contributed by atoms with Crippen molar-refractivity contribution in [1.29, 1.82) is 0 Å². The van der Waals surface area contributed by atoms with E-state index in [1.165, 1.54) is 17.2 Å². The molecule has 2 N–H and O–H groups in total. The number of aromatic nitrogens is 2. The van der Waals surface area contributed by atoms with Crippen molar-refractivity contribution < 1.29 is 38.9 Å². The first-order chi connectivity index (χ1) is 19.5. The van der Waals surface area contributed by atoms with E-state index in [0.717, 1.165) is 29.6 Å². The highest BCUT2D eigenvalue weighted by atomic mass is 32.1. The summed E-state index contributed by atoms with van der Waals surface area (Å²) in [6, 6.07) is 7.55. The number of thiazole rings is 1. The van der Waals surface area contributed by atoms with E-state index in [9.17, 15) is 19.5 Å². The number of aliphatic carboxylic acids is 1. The van der Waals surface area contributed by atoms with E-state index in [0.29, 0.717) is 23.2 Å². The molecule has 2 aliphatic rings. The number of amides is 1. The Morgan fingerprint density at radius 2 is 2.00 bits per heavy atom. The van der Waals surface area contributed by atoms with Crippen LogP contribution in [0.5, 0.6) is 5.75 Å². The molecule has 0 radical (unpaired) electrons. The number of ether oxygens (including phenoxy) is 2. The standard InChI is InChI=1S/C27H23N3O6S.C2H4O2/c1-4-10-35-26(34)24-15(3)29-27(37-24)30-21(17-6-5-9-28-13-17)20(23(32)25(30)33)22(31)16-7-8-19-18(12-16)11-14(2)36-19;1-2(3)4/h4-9,12-14,21,31H,1,10-11H2,2-3H3;1H3,(H,3,4). The zero-order valence-corrected chi connectivity index (χ0v) is 23.3. The van der Waals surface area contributed by atoms with Crippen LogP contribution in [0.1, 0.15) is 51.9 Å². The topological polar surface area (TPSA) is 156 Å². The lowest BCUT2D eigenvalue weighted by atomic mass is 9.95. The van der Waals surface area contributed by atoms with Gasteiger partial charge in [0, 0.05) is 31.3 Å². The van der Waals surface area contributed by atoms with E-state index in [-0.39, 0.29) is 34.1 Å². The summed E-state index contributed by atoms with van der Waals surface area (Å²) in [4.78, 5) is 58.2. The first kappa shape index (κ1) is 29.2. The minimum atomic E-state index is -1.00. The molecule has 0 bridgehead atoms. The van der Waals surface area contributed by atoms with Crippen molar-refractivity contribution in [3.63, 3.8) is 0 Å². The predicted octanol–water partition coefficient (Wildman–Crippen LogP) is 4.23. The molecule has 11 nitrogen and oxygen atoms in total. The Kier molecular flexibility index (Phi) is 8.62. The summed E-state index contributed by atoms with van der Waals surface area (Å²) in [5, 5.41) is 18.9. The van der Waals surface area contributed by atoms with Crippen LogP contribution < -0.4 is 9.64 Å². The number of carboxylic acid groups (broad SMARTS) is 1. The third-order valence-corrected chi connectivity index (χ3v) is 7.26. The summed E-state index contributed by atoms with van der Waals surface area (Å²) in [6.45, 7) is 8.21. The molecule has 1 amide bonds. The number of aliphatic hydroxyl groups excluding tert-OH is 1. The molecule has 212 valence electrons. The van der Waals surface area contributed by atoms with E-state index >= 15 is 0 Å². The van der Waals surface area contributed by atoms with Gasteiger partial charge in [-0.1, -0.05) is 30.1 Å². The second kappa shape index (κ2) is 12.1. The molecular formula is C29H27N3O8S. The molecule has 0 spiro atoms. The number of ketones is 1. The van der Waals surface area contributed by atoms with Crippen LogP contribution in [0.25, 0.3) is 5.76 Å². The largest absolute Gasteiger partial charge is 0.507 e. The van der Waals surface area contributed by atoms with Crippen LogP contribution in [0, 0.1) is 6.92 Å². The molecule has 0 aliphatic carbocycles. The Labute approximate surface area is 239 Å². The first-order valence-corrected chi connectivity index (χ1v) is 13.3. The van der Waals surface area contributed by atoms with Gasteiger partial charge in [-0.25, -0.2) is 9.78 Å². The molecule has 2 unspecified atom stereocenters. The Balaban J connectivity index is 0.000000909. The van der Waals surface area contributed by atoms with E-state index in [1.807, 2.05) is 6.92 Å². The van der Waals surface area contributed by atoms with Crippen LogP contribution in [0.4, 0.5) is 5.13 Å². The van der Waals surface area contributed by atoms with Crippen LogP contribution in [0.3, 0.4) is 0 Å². The average Bonchev–Trinajstić information content (AvgIpc) is 3.58. The molecule has 1 fully saturated rings. The molecule has 1 aromatic carbocycles. The van der Waals surface area contributed by atoms with Crippen molar-refractivity contribution in [3.05, 3.63) is 88.2 Å². The molecule has 41 heavy (non-hydrogen) atoms. The highest BCUT2D eigenvalue weighted by Crippen LogP contribution is 2.44. The molecule has 3 aromatic rings. The number of hydrogen-bond donors (Lipinski definition) is 2. The van der Waals surface area contributed by atoms with Crippen molar-refractivity contribution in [3.8, 4) is 5.75 Å². The number of anilines is 1. The number of hydrogen-bond acceptors (Lipinski definition) is 10. The fourth-order valence-electron chi connectivity index (χ4n) is 4.48. The zero-order valence-electron chi connectivity index (χ0n) is 22.5. The lowest BCUT2D eigenvalue weighted by molar-refractivity contribution is -0.134. The minimum absolute atomic E-state index is 0.00822. The number of aryl methyl sites for hydroxylation is 1. The SMILES string of the molecule is C=CCOC(=O)c1sc(N2C(=O)C(=O)C(=C(O)c3ccc4c(c3)CC(C)O4)C2c2cccnc2)nc1C.CC(=O)O. The third kappa shape index (κ3) is 6.02. The molecule has 4 heterocycles. The number of rotatable bonds is 6. The van der Waals surface area contributed by atoms with Crippen LogP contribution >= 0.6 is 11.3 Å². The van der Waals surface area contributed by atoms with Gasteiger partial charge < -0.3 is 19.7 Å². The Morgan fingerprint density at radius 3 is 2.66 bits per heavy atom. The van der Waals surface area contributed by atoms with Gasteiger partial charge in [0.1, 0.15) is 29.1 Å². The van der Waals surface area contributed by atoms with E-state index in [2.05, 4.69) is 16.5 Å². The van der Waals surface area contributed by atoms with Crippen LogP contribution in [0.2, 0.25) is 0 Å². The lowest BCUT2D eigenvalue weighted by Gasteiger charge is -2.22. The van der Waals surface area contributed by atoms with Gasteiger partial charge in [0.25, 0.3) is 11.8 Å². The molecule has 2 aromatic heterocycles. The summed E-state index contributed by atoms with van der Waals surface area (Å²) < 4.78 is 10.9. The van der Waals surface area contributed by atoms with Gasteiger partial charge in [-0.05, 0) is 49.2 Å². The second-order valence-corrected chi connectivity index (χ2v) is 10.2. The normalized spacial score (nSPS) is 18.7. The highest BCUT2D eigenvalue weighted by molar-refractivity contribution is 7.17.